The lowest BCUT2D eigenvalue weighted by atomic mass is 9.78. The van der Waals surface area contributed by atoms with Gasteiger partial charge in [-0.05, 0) is 32.1 Å². The Labute approximate surface area is 155 Å². The molecule has 0 spiro atoms. The van der Waals surface area contributed by atoms with Crippen LogP contribution in [0.25, 0.3) is 5.78 Å². The monoisotopic (exact) mass is 383 g/mol. The molecule has 2 heterocycles. The Morgan fingerprint density at radius 2 is 1.93 bits per heavy atom. The van der Waals surface area contributed by atoms with Crippen molar-refractivity contribution >= 4 is 11.7 Å². The number of alkyl halides is 3. The summed E-state index contributed by atoms with van der Waals surface area (Å²) in [6.07, 6.45) is -1.38. The molecular weight excluding hydrogens is 359 g/mol. The van der Waals surface area contributed by atoms with Gasteiger partial charge < -0.3 is 5.32 Å². The maximum absolute atomic E-state index is 12.9. The second-order valence-electron chi connectivity index (χ2n) is 7.52. The molecule has 0 bridgehead atoms. The molecule has 0 saturated heterocycles. The smallest absolute Gasteiger partial charge is 0.353 e. The number of rotatable bonds is 3. The molecule has 1 N–H and O–H groups in total. The van der Waals surface area contributed by atoms with Gasteiger partial charge in [0.1, 0.15) is 0 Å². The van der Waals surface area contributed by atoms with Gasteiger partial charge in [-0.15, -0.1) is 5.10 Å². The number of hydrogen-bond donors (Lipinski definition) is 1. The van der Waals surface area contributed by atoms with E-state index in [0.29, 0.717) is 28.8 Å². The molecule has 1 aliphatic carbocycles. The Bertz CT molecular complexity index is 861. The van der Waals surface area contributed by atoms with Gasteiger partial charge in [0.05, 0.1) is 6.42 Å². The number of hydrogen-bond acceptors (Lipinski definition) is 4. The Hall–Kier alpha value is -2.19. The first-order valence-corrected chi connectivity index (χ1v) is 9.17. The summed E-state index contributed by atoms with van der Waals surface area (Å²) in [5, 5.41) is 6.60. The van der Waals surface area contributed by atoms with Crippen LogP contribution in [0.4, 0.5) is 13.2 Å². The Morgan fingerprint density at radius 3 is 2.59 bits per heavy atom. The number of nitrogens with one attached hydrogen (secondary N) is 1. The quantitative estimate of drug-likeness (QED) is 0.883. The van der Waals surface area contributed by atoms with Crippen LogP contribution in [-0.2, 0) is 17.4 Å². The predicted molar refractivity (Wildman–Crippen MR) is 93.1 cm³/mol. The molecule has 6 nitrogen and oxygen atoms in total. The average molecular weight is 383 g/mol. The molecule has 9 heteroatoms. The highest BCUT2D eigenvalue weighted by Gasteiger charge is 2.37. The van der Waals surface area contributed by atoms with E-state index in [1.807, 2.05) is 0 Å². The standard InChI is InChI=1S/C18H24F3N5O/c1-9-6-5-7-14(10(9)2)23-15(27)8-13-11(3)22-17-24-16(18(19,20)21)25-26(17)12(13)4/h9-10,14H,5-8H2,1-4H3,(H,23,27)/t9-,10+,14-/m1/s1. The largest absolute Gasteiger partial charge is 0.453 e. The number of aryl methyl sites for hydroxylation is 2. The van der Waals surface area contributed by atoms with Gasteiger partial charge in [-0.25, -0.2) is 9.50 Å². The summed E-state index contributed by atoms with van der Waals surface area (Å²) in [7, 11) is 0. The van der Waals surface area contributed by atoms with Gasteiger partial charge in [-0.2, -0.15) is 18.2 Å². The van der Waals surface area contributed by atoms with E-state index in [1.54, 1.807) is 13.8 Å². The van der Waals surface area contributed by atoms with E-state index < -0.39 is 12.0 Å². The maximum atomic E-state index is 12.9. The van der Waals surface area contributed by atoms with Crippen molar-refractivity contribution in [3.8, 4) is 0 Å². The lowest BCUT2D eigenvalue weighted by molar-refractivity contribution is -0.144. The first kappa shape index (κ1) is 19.6. The molecule has 1 saturated carbocycles. The number of halogens is 3. The number of fused-ring (bicyclic) bond motifs is 1. The normalized spacial score (nSPS) is 23.6. The minimum absolute atomic E-state index is 0.0550. The van der Waals surface area contributed by atoms with Crippen molar-refractivity contribution in [2.24, 2.45) is 11.8 Å². The molecule has 1 fully saturated rings. The fourth-order valence-corrected chi connectivity index (χ4v) is 3.79. The van der Waals surface area contributed by atoms with Crippen LogP contribution in [0.1, 0.15) is 55.9 Å². The summed E-state index contributed by atoms with van der Waals surface area (Å²) in [6, 6.07) is 0.127. The summed E-state index contributed by atoms with van der Waals surface area (Å²) in [5.74, 6) is -0.540. The van der Waals surface area contributed by atoms with Crippen molar-refractivity contribution in [2.45, 2.75) is 65.6 Å². The van der Waals surface area contributed by atoms with Crippen LogP contribution in [0.3, 0.4) is 0 Å². The van der Waals surface area contributed by atoms with Gasteiger partial charge in [0, 0.05) is 23.0 Å². The summed E-state index contributed by atoms with van der Waals surface area (Å²) >= 11 is 0. The van der Waals surface area contributed by atoms with Gasteiger partial charge in [-0.1, -0.05) is 26.7 Å². The van der Waals surface area contributed by atoms with E-state index in [4.69, 9.17) is 0 Å². The zero-order valence-corrected chi connectivity index (χ0v) is 15.9. The summed E-state index contributed by atoms with van der Waals surface area (Å²) in [4.78, 5) is 20.1. The van der Waals surface area contributed by atoms with Crippen LogP contribution in [-0.4, -0.2) is 31.5 Å². The van der Waals surface area contributed by atoms with Crippen molar-refractivity contribution in [1.82, 2.24) is 24.9 Å². The summed E-state index contributed by atoms with van der Waals surface area (Å²) in [5.41, 5.74) is 1.51. The minimum atomic E-state index is -4.64. The second-order valence-corrected chi connectivity index (χ2v) is 7.52. The predicted octanol–water partition coefficient (Wildman–Crippen LogP) is 3.24. The number of nitrogens with zero attached hydrogens (tertiary/aromatic N) is 4. The SMILES string of the molecule is Cc1nc2nc(C(F)(F)F)nn2c(C)c1CC(=O)N[C@@H]1CCC[C@@H](C)[C@@H]1C. The highest BCUT2D eigenvalue weighted by Crippen LogP contribution is 2.30. The highest BCUT2D eigenvalue weighted by atomic mass is 19.4. The van der Waals surface area contributed by atoms with Gasteiger partial charge in [0.25, 0.3) is 11.6 Å². The average Bonchev–Trinajstić information content (AvgIpc) is 3.00. The molecule has 1 aliphatic rings. The van der Waals surface area contributed by atoms with Crippen molar-refractivity contribution in [2.75, 3.05) is 0 Å². The van der Waals surface area contributed by atoms with Gasteiger partial charge >= 0.3 is 6.18 Å². The molecule has 2 aromatic rings. The zero-order valence-electron chi connectivity index (χ0n) is 15.9. The van der Waals surface area contributed by atoms with Crippen LogP contribution in [0.2, 0.25) is 0 Å². The molecule has 148 valence electrons. The second kappa shape index (κ2) is 7.09. The van der Waals surface area contributed by atoms with Crippen molar-refractivity contribution in [3.63, 3.8) is 0 Å². The van der Waals surface area contributed by atoms with Crippen LogP contribution < -0.4 is 5.32 Å². The van der Waals surface area contributed by atoms with Crippen molar-refractivity contribution < 1.29 is 18.0 Å². The van der Waals surface area contributed by atoms with Gasteiger partial charge in [0.2, 0.25) is 5.91 Å². The van der Waals surface area contributed by atoms with Crippen molar-refractivity contribution in [3.05, 3.63) is 22.8 Å². The molecule has 3 atom stereocenters. The van der Waals surface area contributed by atoms with Crippen LogP contribution in [0.15, 0.2) is 0 Å². The topological polar surface area (TPSA) is 72.2 Å². The van der Waals surface area contributed by atoms with E-state index >= 15 is 0 Å². The summed E-state index contributed by atoms with van der Waals surface area (Å²) < 4.78 is 39.7. The molecule has 3 rings (SSSR count). The number of amides is 1. The zero-order chi connectivity index (χ0) is 19.9. The van der Waals surface area contributed by atoms with Crippen LogP contribution in [0, 0.1) is 25.7 Å². The van der Waals surface area contributed by atoms with Crippen LogP contribution >= 0.6 is 0 Å². The number of carbonyl (C=O) groups excluding carboxylic acids is 1. The minimum Gasteiger partial charge on any atom is -0.353 e. The third-order valence-electron chi connectivity index (χ3n) is 5.69. The lowest BCUT2D eigenvalue weighted by Crippen LogP contribution is -2.44. The molecule has 0 aromatic carbocycles. The van der Waals surface area contributed by atoms with E-state index in [-0.39, 0.29) is 24.1 Å². The Kier molecular flexibility index (Phi) is 5.14. The Balaban J connectivity index is 1.83. The third-order valence-corrected chi connectivity index (χ3v) is 5.69. The summed E-state index contributed by atoms with van der Waals surface area (Å²) in [6.45, 7) is 7.64. The number of aromatic nitrogens is 4. The van der Waals surface area contributed by atoms with Crippen molar-refractivity contribution in [1.29, 1.82) is 0 Å². The molecule has 1 amide bonds. The molecule has 27 heavy (non-hydrogen) atoms. The maximum Gasteiger partial charge on any atom is 0.453 e. The molecule has 2 aromatic heterocycles. The van der Waals surface area contributed by atoms with Crippen LogP contribution in [0.5, 0.6) is 0 Å². The highest BCUT2D eigenvalue weighted by molar-refractivity contribution is 5.79. The Morgan fingerprint density at radius 1 is 1.22 bits per heavy atom. The van der Waals surface area contributed by atoms with E-state index in [0.717, 1.165) is 17.4 Å². The lowest BCUT2D eigenvalue weighted by Gasteiger charge is -2.34. The van der Waals surface area contributed by atoms with E-state index in [2.05, 4.69) is 34.2 Å². The van der Waals surface area contributed by atoms with E-state index in [1.165, 1.54) is 6.42 Å². The first-order valence-electron chi connectivity index (χ1n) is 9.17. The third kappa shape index (κ3) is 3.91. The molecule has 0 radical (unpaired) electrons. The number of carbonyl (C=O) groups is 1. The van der Waals surface area contributed by atoms with E-state index in [9.17, 15) is 18.0 Å². The fraction of sp³-hybridized carbons (Fsp3) is 0.667. The fourth-order valence-electron chi connectivity index (χ4n) is 3.79. The molecule has 0 unspecified atom stereocenters. The van der Waals surface area contributed by atoms with Gasteiger partial charge in [0.15, 0.2) is 0 Å². The first-order chi connectivity index (χ1) is 12.6. The van der Waals surface area contributed by atoms with Gasteiger partial charge in [-0.3, -0.25) is 4.79 Å². The molecular formula is C18H24F3N5O. The molecule has 0 aliphatic heterocycles.